The molecule has 0 radical (unpaired) electrons. The highest BCUT2D eigenvalue weighted by atomic mass is 32.2. The van der Waals surface area contributed by atoms with Crippen LogP contribution in [0.1, 0.15) is 6.92 Å². The van der Waals surface area contributed by atoms with Gasteiger partial charge in [0.25, 0.3) is 0 Å². The first-order valence-corrected chi connectivity index (χ1v) is 7.67. The average Bonchev–Trinajstić information content (AvgIpc) is 2.86. The number of hydrogen-bond donors (Lipinski definition) is 3. The van der Waals surface area contributed by atoms with Crippen LogP contribution in [-0.2, 0) is 4.79 Å². The van der Waals surface area contributed by atoms with Gasteiger partial charge in [0.2, 0.25) is 11.0 Å². The Balaban J connectivity index is 1.94. The van der Waals surface area contributed by atoms with Crippen LogP contribution in [0.3, 0.4) is 0 Å². The Kier molecular flexibility index (Phi) is 5.12. The van der Waals surface area contributed by atoms with E-state index in [1.54, 1.807) is 6.92 Å². The summed E-state index contributed by atoms with van der Waals surface area (Å²) < 4.78 is 0.626. The summed E-state index contributed by atoms with van der Waals surface area (Å²) in [4.78, 5) is 22.2. The summed E-state index contributed by atoms with van der Waals surface area (Å²) in [6, 6.07) is 8.71. The highest BCUT2D eigenvalue weighted by Gasteiger charge is 2.18. The summed E-state index contributed by atoms with van der Waals surface area (Å²) >= 11 is 2.54. The lowest BCUT2D eigenvalue weighted by Crippen LogP contribution is -2.39. The number of benzene rings is 1. The molecule has 0 saturated heterocycles. The summed E-state index contributed by atoms with van der Waals surface area (Å²) in [5, 5.41) is 13.3. The van der Waals surface area contributed by atoms with Crippen LogP contribution in [0.2, 0.25) is 0 Å². The van der Waals surface area contributed by atoms with Crippen molar-refractivity contribution in [2.45, 2.75) is 16.5 Å². The van der Waals surface area contributed by atoms with E-state index in [1.165, 1.54) is 23.1 Å². The topological polar surface area (TPSA) is 110 Å². The van der Waals surface area contributed by atoms with Crippen molar-refractivity contribution in [1.29, 1.82) is 0 Å². The third kappa shape index (κ3) is 4.72. The number of imide groups is 1. The summed E-state index contributed by atoms with van der Waals surface area (Å²) in [7, 11) is 0. The molecule has 0 saturated carbocycles. The van der Waals surface area contributed by atoms with Crippen molar-refractivity contribution < 1.29 is 9.59 Å². The lowest BCUT2D eigenvalue weighted by molar-refractivity contribution is -0.119. The van der Waals surface area contributed by atoms with Gasteiger partial charge in [0.1, 0.15) is 0 Å². The molecule has 1 heterocycles. The number of nitrogens with two attached hydrogens (primary N) is 1. The predicted molar refractivity (Wildman–Crippen MR) is 82.7 cm³/mol. The average molecular weight is 323 g/mol. The number of hydrogen-bond acceptors (Lipinski definition) is 7. The molecule has 2 rings (SSSR count). The van der Waals surface area contributed by atoms with E-state index in [-0.39, 0.29) is 0 Å². The molecule has 0 fully saturated rings. The molecule has 2 aromatic rings. The maximum absolute atomic E-state index is 11.6. The Labute approximate surface area is 129 Å². The van der Waals surface area contributed by atoms with Crippen LogP contribution in [0.25, 0.3) is 0 Å². The van der Waals surface area contributed by atoms with Crippen LogP contribution >= 0.6 is 23.1 Å². The fourth-order valence-corrected chi connectivity index (χ4v) is 3.30. The van der Waals surface area contributed by atoms with Gasteiger partial charge in [-0.25, -0.2) is 4.79 Å². The van der Waals surface area contributed by atoms with Crippen molar-refractivity contribution in [3.63, 3.8) is 0 Å². The third-order valence-corrected chi connectivity index (χ3v) is 4.35. The Bertz CT molecular complexity index is 632. The number of primary amides is 1. The number of amides is 3. The van der Waals surface area contributed by atoms with Gasteiger partial charge in [-0.05, 0) is 19.1 Å². The largest absolute Gasteiger partial charge is 0.351 e. The number of aromatic nitrogens is 2. The zero-order valence-corrected chi connectivity index (χ0v) is 12.7. The normalized spacial score (nSPS) is 11.7. The molecule has 1 atom stereocenters. The number of para-hydroxylation sites is 1. The second-order valence-electron chi connectivity index (χ2n) is 3.98. The molecule has 21 heavy (non-hydrogen) atoms. The van der Waals surface area contributed by atoms with Gasteiger partial charge in [0.05, 0.1) is 5.25 Å². The quantitative estimate of drug-likeness (QED) is 0.726. The summed E-state index contributed by atoms with van der Waals surface area (Å²) in [6.07, 6.45) is 0. The van der Waals surface area contributed by atoms with E-state index < -0.39 is 17.2 Å². The molecule has 1 aromatic carbocycles. The second-order valence-corrected chi connectivity index (χ2v) is 6.54. The van der Waals surface area contributed by atoms with E-state index in [9.17, 15) is 9.59 Å². The van der Waals surface area contributed by atoms with Gasteiger partial charge in [0.15, 0.2) is 4.34 Å². The molecule has 3 amide bonds. The SMILES string of the molecule is C[C@H](Sc1nnc(Nc2ccccc2)s1)C(=O)NC(N)=O. The van der Waals surface area contributed by atoms with Gasteiger partial charge in [0, 0.05) is 5.69 Å². The van der Waals surface area contributed by atoms with E-state index in [2.05, 4.69) is 15.5 Å². The van der Waals surface area contributed by atoms with E-state index in [1.807, 2.05) is 35.6 Å². The van der Waals surface area contributed by atoms with Crippen molar-refractivity contribution in [1.82, 2.24) is 15.5 Å². The minimum absolute atomic E-state index is 0.458. The van der Waals surface area contributed by atoms with E-state index in [0.717, 1.165) is 5.69 Å². The Morgan fingerprint density at radius 2 is 2.00 bits per heavy atom. The number of rotatable bonds is 5. The Morgan fingerprint density at radius 3 is 2.67 bits per heavy atom. The van der Waals surface area contributed by atoms with E-state index in [4.69, 9.17) is 5.73 Å². The van der Waals surface area contributed by atoms with E-state index in [0.29, 0.717) is 9.47 Å². The number of carbonyl (C=O) groups is 2. The molecule has 0 unspecified atom stereocenters. The highest BCUT2D eigenvalue weighted by molar-refractivity contribution is 8.02. The van der Waals surface area contributed by atoms with Gasteiger partial charge in [-0.2, -0.15) is 0 Å². The molecular weight excluding hydrogens is 310 g/mol. The Morgan fingerprint density at radius 1 is 1.29 bits per heavy atom. The zero-order valence-electron chi connectivity index (χ0n) is 11.1. The maximum atomic E-state index is 11.6. The summed E-state index contributed by atoms with van der Waals surface area (Å²) in [5.74, 6) is -0.458. The van der Waals surface area contributed by atoms with Crippen LogP contribution < -0.4 is 16.4 Å². The second kappa shape index (κ2) is 7.04. The first-order chi connectivity index (χ1) is 10.0. The van der Waals surface area contributed by atoms with Crippen molar-refractivity contribution in [2.24, 2.45) is 5.73 Å². The molecule has 0 aliphatic rings. The van der Waals surface area contributed by atoms with Crippen LogP contribution in [0, 0.1) is 0 Å². The predicted octanol–water partition coefficient (Wildman–Crippen LogP) is 1.96. The lowest BCUT2D eigenvalue weighted by atomic mass is 10.3. The molecule has 0 aliphatic heterocycles. The van der Waals surface area contributed by atoms with Crippen LogP contribution in [0.4, 0.5) is 15.6 Å². The molecule has 110 valence electrons. The lowest BCUT2D eigenvalue weighted by Gasteiger charge is -2.06. The summed E-state index contributed by atoms with van der Waals surface area (Å²) in [5.41, 5.74) is 5.81. The van der Waals surface area contributed by atoms with Gasteiger partial charge >= 0.3 is 6.03 Å². The van der Waals surface area contributed by atoms with Gasteiger partial charge < -0.3 is 11.1 Å². The number of nitrogens with one attached hydrogen (secondary N) is 2. The molecule has 0 bridgehead atoms. The maximum Gasteiger partial charge on any atom is 0.318 e. The van der Waals surface area contributed by atoms with Crippen LogP contribution in [0.5, 0.6) is 0 Å². The van der Waals surface area contributed by atoms with Crippen molar-refractivity contribution in [2.75, 3.05) is 5.32 Å². The van der Waals surface area contributed by atoms with Crippen LogP contribution in [0.15, 0.2) is 34.7 Å². The van der Waals surface area contributed by atoms with Gasteiger partial charge in [-0.3, -0.25) is 10.1 Å². The number of thioether (sulfide) groups is 1. The van der Waals surface area contributed by atoms with Crippen LogP contribution in [-0.4, -0.2) is 27.4 Å². The van der Waals surface area contributed by atoms with Crippen molar-refractivity contribution in [3.8, 4) is 0 Å². The molecule has 4 N–H and O–H groups in total. The molecule has 0 spiro atoms. The van der Waals surface area contributed by atoms with Gasteiger partial charge in [-0.1, -0.05) is 41.3 Å². The minimum Gasteiger partial charge on any atom is -0.351 e. The Hall–Kier alpha value is -2.13. The fourth-order valence-electron chi connectivity index (χ4n) is 1.38. The number of nitrogens with zero attached hydrogens (tertiary/aromatic N) is 2. The number of urea groups is 1. The van der Waals surface area contributed by atoms with Gasteiger partial charge in [-0.15, -0.1) is 10.2 Å². The fraction of sp³-hybridized carbons (Fsp3) is 0.167. The standard InChI is InChI=1S/C12H13N5O2S2/c1-7(9(18)15-10(13)19)20-12-17-16-11(21-12)14-8-5-3-2-4-6-8/h2-7H,1H3,(H,14,16)(H3,13,15,18,19)/t7-/m0/s1. The highest BCUT2D eigenvalue weighted by Crippen LogP contribution is 2.30. The summed E-state index contributed by atoms with van der Waals surface area (Å²) in [6.45, 7) is 1.66. The first-order valence-electron chi connectivity index (χ1n) is 5.97. The zero-order chi connectivity index (χ0) is 15.2. The molecule has 1 aromatic heterocycles. The smallest absolute Gasteiger partial charge is 0.318 e. The molecule has 7 nitrogen and oxygen atoms in total. The van der Waals surface area contributed by atoms with Crippen molar-refractivity contribution >= 4 is 45.9 Å². The number of anilines is 2. The van der Waals surface area contributed by atoms with E-state index >= 15 is 0 Å². The first kappa shape index (κ1) is 15.3. The monoisotopic (exact) mass is 323 g/mol. The number of carbonyl (C=O) groups excluding carboxylic acids is 2. The molecule has 0 aliphatic carbocycles. The molecular formula is C12H13N5O2S2. The minimum atomic E-state index is -0.865. The molecule has 9 heteroatoms. The van der Waals surface area contributed by atoms with Crippen molar-refractivity contribution in [3.05, 3.63) is 30.3 Å². The third-order valence-electron chi connectivity index (χ3n) is 2.32.